The van der Waals surface area contributed by atoms with Crippen LogP contribution in [-0.2, 0) is 10.9 Å². The van der Waals surface area contributed by atoms with E-state index in [2.05, 4.69) is 9.97 Å². The summed E-state index contributed by atoms with van der Waals surface area (Å²) in [6, 6.07) is 5.42. The first kappa shape index (κ1) is 22.0. The normalized spacial score (nSPS) is 23.0. The number of halogens is 3. The topological polar surface area (TPSA) is 82.4 Å². The number of amides is 1. The van der Waals surface area contributed by atoms with Crippen molar-refractivity contribution in [3.05, 3.63) is 53.6 Å². The summed E-state index contributed by atoms with van der Waals surface area (Å²) in [7, 11) is 1.61. The van der Waals surface area contributed by atoms with E-state index in [-0.39, 0.29) is 22.9 Å². The lowest BCUT2D eigenvalue weighted by atomic mass is 9.73. The fraction of sp³-hybridized carbons (Fsp3) is 0.455. The zero-order valence-corrected chi connectivity index (χ0v) is 17.5. The van der Waals surface area contributed by atoms with Crippen LogP contribution in [0.2, 0.25) is 0 Å². The maximum absolute atomic E-state index is 13.4. The SMILES string of the molecule is COCC12CCN(c3ccc(C#N)c(C(F)(F)F)c3)CC1CN(C(=O)c1cnccn1)C2. The van der Waals surface area contributed by atoms with Crippen molar-refractivity contribution in [3.63, 3.8) is 0 Å². The molecule has 2 aromatic rings. The van der Waals surface area contributed by atoms with Gasteiger partial charge in [-0.15, -0.1) is 0 Å². The number of fused-ring (bicyclic) bond motifs is 1. The van der Waals surface area contributed by atoms with Gasteiger partial charge in [-0.25, -0.2) is 4.98 Å². The number of hydrogen-bond acceptors (Lipinski definition) is 6. The number of methoxy groups -OCH3 is 1. The molecule has 2 saturated heterocycles. The van der Waals surface area contributed by atoms with Crippen LogP contribution >= 0.6 is 0 Å². The molecule has 0 saturated carbocycles. The van der Waals surface area contributed by atoms with E-state index in [0.29, 0.717) is 44.9 Å². The molecule has 2 atom stereocenters. The van der Waals surface area contributed by atoms with Crippen LogP contribution in [0.5, 0.6) is 0 Å². The summed E-state index contributed by atoms with van der Waals surface area (Å²) in [6.45, 7) is 2.41. The molecule has 0 radical (unpaired) electrons. The number of benzene rings is 1. The highest BCUT2D eigenvalue weighted by molar-refractivity contribution is 5.92. The average molecular weight is 445 g/mol. The number of alkyl halides is 3. The highest BCUT2D eigenvalue weighted by Crippen LogP contribution is 2.45. The van der Waals surface area contributed by atoms with Crippen LogP contribution in [0, 0.1) is 22.7 Å². The first-order chi connectivity index (χ1) is 15.3. The quantitative estimate of drug-likeness (QED) is 0.720. The molecule has 1 aromatic carbocycles. The average Bonchev–Trinajstić information content (AvgIpc) is 3.17. The van der Waals surface area contributed by atoms with E-state index in [4.69, 9.17) is 10.00 Å². The van der Waals surface area contributed by atoms with Gasteiger partial charge >= 0.3 is 6.18 Å². The van der Waals surface area contributed by atoms with Crippen LogP contribution in [0.4, 0.5) is 18.9 Å². The zero-order chi connectivity index (χ0) is 22.9. The second-order valence-electron chi connectivity index (χ2n) is 8.30. The van der Waals surface area contributed by atoms with Crippen LogP contribution < -0.4 is 4.90 Å². The third kappa shape index (κ3) is 4.00. The molecule has 2 fully saturated rings. The van der Waals surface area contributed by atoms with Gasteiger partial charge in [0.25, 0.3) is 5.91 Å². The van der Waals surface area contributed by atoms with Gasteiger partial charge in [0, 0.05) is 62.7 Å². The van der Waals surface area contributed by atoms with Crippen LogP contribution in [0.15, 0.2) is 36.8 Å². The fourth-order valence-corrected chi connectivity index (χ4v) is 4.83. The van der Waals surface area contributed by atoms with Crippen molar-refractivity contribution >= 4 is 11.6 Å². The molecule has 32 heavy (non-hydrogen) atoms. The van der Waals surface area contributed by atoms with E-state index >= 15 is 0 Å². The summed E-state index contributed by atoms with van der Waals surface area (Å²) in [5.41, 5.74) is -0.924. The van der Waals surface area contributed by atoms with Crippen molar-refractivity contribution in [2.75, 3.05) is 44.8 Å². The minimum absolute atomic E-state index is 0.0156. The van der Waals surface area contributed by atoms with Gasteiger partial charge in [0.15, 0.2) is 0 Å². The molecule has 0 aliphatic carbocycles. The van der Waals surface area contributed by atoms with Gasteiger partial charge in [-0.3, -0.25) is 9.78 Å². The summed E-state index contributed by atoms with van der Waals surface area (Å²) >= 11 is 0. The summed E-state index contributed by atoms with van der Waals surface area (Å²) in [4.78, 5) is 24.6. The molecule has 2 aliphatic rings. The van der Waals surface area contributed by atoms with Gasteiger partial charge in [0.05, 0.1) is 30.0 Å². The lowest BCUT2D eigenvalue weighted by Gasteiger charge is -2.44. The standard InChI is InChI=1S/C22H22F3N5O2/c1-32-14-21-4-7-29(17-3-2-15(9-26)18(8-17)22(23,24)25)11-16(21)12-30(13-21)20(31)19-10-27-5-6-28-19/h2-3,5-6,8,10,16H,4,7,11-14H2,1H3. The molecule has 0 bridgehead atoms. The molecule has 0 spiro atoms. The van der Waals surface area contributed by atoms with E-state index in [1.165, 1.54) is 24.7 Å². The number of nitriles is 1. The lowest BCUT2D eigenvalue weighted by molar-refractivity contribution is -0.137. The number of piperidine rings is 1. The van der Waals surface area contributed by atoms with Crippen molar-refractivity contribution in [1.29, 1.82) is 5.26 Å². The Labute approximate surface area is 183 Å². The number of likely N-dealkylation sites (tertiary alicyclic amines) is 1. The second-order valence-corrected chi connectivity index (χ2v) is 8.30. The maximum atomic E-state index is 13.4. The number of carbonyl (C=O) groups excluding carboxylic acids is 1. The molecule has 168 valence electrons. The van der Waals surface area contributed by atoms with Crippen LogP contribution in [0.1, 0.15) is 28.0 Å². The second kappa shape index (κ2) is 8.39. The van der Waals surface area contributed by atoms with Crippen molar-refractivity contribution in [2.45, 2.75) is 12.6 Å². The molecule has 2 aliphatic heterocycles. The van der Waals surface area contributed by atoms with Gasteiger partial charge in [-0.1, -0.05) is 0 Å². The number of ether oxygens (including phenoxy) is 1. The monoisotopic (exact) mass is 445 g/mol. The van der Waals surface area contributed by atoms with Crippen LogP contribution in [0.3, 0.4) is 0 Å². The zero-order valence-electron chi connectivity index (χ0n) is 17.5. The molecule has 1 aromatic heterocycles. The number of hydrogen-bond donors (Lipinski definition) is 0. The Morgan fingerprint density at radius 2 is 2.16 bits per heavy atom. The van der Waals surface area contributed by atoms with E-state index in [9.17, 15) is 18.0 Å². The lowest BCUT2D eigenvalue weighted by Crippen LogP contribution is -2.49. The Bertz CT molecular complexity index is 1040. The third-order valence-electron chi connectivity index (χ3n) is 6.43. The Morgan fingerprint density at radius 3 is 2.81 bits per heavy atom. The first-order valence-corrected chi connectivity index (χ1v) is 10.2. The minimum Gasteiger partial charge on any atom is -0.384 e. The van der Waals surface area contributed by atoms with Crippen molar-refractivity contribution in [2.24, 2.45) is 11.3 Å². The van der Waals surface area contributed by atoms with Gasteiger partial charge in [-0.05, 0) is 24.6 Å². The third-order valence-corrected chi connectivity index (χ3v) is 6.43. The van der Waals surface area contributed by atoms with Crippen molar-refractivity contribution in [3.8, 4) is 6.07 Å². The Balaban J connectivity index is 1.58. The fourth-order valence-electron chi connectivity index (χ4n) is 4.83. The molecule has 10 heteroatoms. The number of anilines is 1. The highest BCUT2D eigenvalue weighted by Gasteiger charge is 2.51. The number of nitrogens with zero attached hydrogens (tertiary/aromatic N) is 5. The molecular formula is C22H22F3N5O2. The van der Waals surface area contributed by atoms with E-state index in [1.54, 1.807) is 24.1 Å². The van der Waals surface area contributed by atoms with Crippen LogP contribution in [0.25, 0.3) is 0 Å². The molecule has 1 amide bonds. The van der Waals surface area contributed by atoms with Gasteiger partial charge in [-0.2, -0.15) is 18.4 Å². The summed E-state index contributed by atoms with van der Waals surface area (Å²) in [6.07, 6.45) is 0.444. The Kier molecular flexibility index (Phi) is 5.77. The predicted molar refractivity (Wildman–Crippen MR) is 109 cm³/mol. The molecule has 0 N–H and O–H groups in total. The Morgan fingerprint density at radius 1 is 1.34 bits per heavy atom. The number of aromatic nitrogens is 2. The number of carbonyl (C=O) groups is 1. The van der Waals surface area contributed by atoms with Gasteiger partial charge in [0.1, 0.15) is 5.69 Å². The Hall–Kier alpha value is -3.19. The number of rotatable bonds is 4. The van der Waals surface area contributed by atoms with E-state index in [1.807, 2.05) is 4.90 Å². The van der Waals surface area contributed by atoms with Gasteiger partial charge in [0.2, 0.25) is 0 Å². The van der Waals surface area contributed by atoms with E-state index < -0.39 is 17.3 Å². The highest BCUT2D eigenvalue weighted by atomic mass is 19.4. The molecule has 2 unspecified atom stereocenters. The molecule has 3 heterocycles. The summed E-state index contributed by atoms with van der Waals surface area (Å²) < 4.78 is 45.7. The summed E-state index contributed by atoms with van der Waals surface area (Å²) in [5.74, 6) is -0.200. The van der Waals surface area contributed by atoms with E-state index in [0.717, 1.165) is 6.07 Å². The maximum Gasteiger partial charge on any atom is 0.417 e. The largest absolute Gasteiger partial charge is 0.417 e. The van der Waals surface area contributed by atoms with Gasteiger partial charge < -0.3 is 14.5 Å². The molecule has 7 nitrogen and oxygen atoms in total. The molecular weight excluding hydrogens is 423 g/mol. The van der Waals surface area contributed by atoms with Crippen LogP contribution in [-0.4, -0.2) is 60.7 Å². The van der Waals surface area contributed by atoms with Crippen molar-refractivity contribution in [1.82, 2.24) is 14.9 Å². The summed E-state index contributed by atoms with van der Waals surface area (Å²) in [5, 5.41) is 9.05. The van der Waals surface area contributed by atoms with Crippen molar-refractivity contribution < 1.29 is 22.7 Å². The predicted octanol–water partition coefficient (Wildman–Crippen LogP) is 2.98. The molecule has 4 rings (SSSR count). The first-order valence-electron chi connectivity index (χ1n) is 10.2. The smallest absolute Gasteiger partial charge is 0.384 e. The minimum atomic E-state index is -4.61.